The van der Waals surface area contributed by atoms with E-state index >= 15 is 0 Å². The van der Waals surface area contributed by atoms with E-state index in [9.17, 15) is 4.79 Å². The highest BCUT2D eigenvalue weighted by Crippen LogP contribution is 2.38. The molecule has 210 valence electrons. The first-order valence-corrected chi connectivity index (χ1v) is 14.1. The lowest BCUT2D eigenvalue weighted by Gasteiger charge is -2.41. The number of hydrogen-bond acceptors (Lipinski definition) is 6. The third kappa shape index (κ3) is 5.43. The van der Waals surface area contributed by atoms with Crippen LogP contribution in [0.1, 0.15) is 62.7 Å². The summed E-state index contributed by atoms with van der Waals surface area (Å²) in [5, 5.41) is 8.44. The van der Waals surface area contributed by atoms with Gasteiger partial charge in [0, 0.05) is 30.1 Å². The van der Waals surface area contributed by atoms with Crippen molar-refractivity contribution >= 4 is 16.9 Å². The van der Waals surface area contributed by atoms with Gasteiger partial charge in [-0.3, -0.25) is 9.69 Å². The second-order valence-corrected chi connectivity index (χ2v) is 11.3. The number of likely N-dealkylation sites (tertiary alicyclic amines) is 1. The molecule has 1 unspecified atom stereocenters. The predicted octanol–water partition coefficient (Wildman–Crippen LogP) is 5.84. The molecular formula is C34H36N4O3. The molecule has 3 N–H and O–H groups in total. The zero-order valence-electron chi connectivity index (χ0n) is 24.0. The van der Waals surface area contributed by atoms with Crippen LogP contribution in [0.4, 0.5) is 0 Å². The molecule has 0 spiro atoms. The number of nitrogens with one attached hydrogen (secondary N) is 1. The number of nitrogens with two attached hydrogens (primary N) is 1. The maximum absolute atomic E-state index is 13.4. The van der Waals surface area contributed by atoms with E-state index in [0.29, 0.717) is 0 Å². The molecule has 0 aliphatic carbocycles. The molecule has 1 amide bonds. The number of carbonyl (C=O) groups excluding carboxylic acids is 1. The van der Waals surface area contributed by atoms with Crippen LogP contribution in [0.15, 0.2) is 81.7 Å². The normalized spacial score (nSPS) is 15.5. The lowest BCUT2D eigenvalue weighted by atomic mass is 9.93. The van der Waals surface area contributed by atoms with Gasteiger partial charge in [-0.25, -0.2) is 0 Å². The molecule has 5 aromatic rings. The van der Waals surface area contributed by atoms with Gasteiger partial charge in [-0.05, 0) is 68.1 Å². The highest BCUT2D eigenvalue weighted by molar-refractivity contribution is 5.83. The van der Waals surface area contributed by atoms with E-state index in [-0.39, 0.29) is 30.5 Å². The summed E-state index contributed by atoms with van der Waals surface area (Å²) in [6.45, 7) is 9.62. The molecule has 0 bridgehead atoms. The van der Waals surface area contributed by atoms with Crippen molar-refractivity contribution in [3.8, 4) is 0 Å². The van der Waals surface area contributed by atoms with Gasteiger partial charge >= 0.3 is 0 Å². The quantitative estimate of drug-likeness (QED) is 0.253. The smallest absolute Gasteiger partial charge is 0.225 e. The Morgan fingerprint density at radius 2 is 1.80 bits per heavy atom. The van der Waals surface area contributed by atoms with Crippen LogP contribution < -0.4 is 11.1 Å². The van der Waals surface area contributed by atoms with Gasteiger partial charge in [0.2, 0.25) is 5.91 Å². The van der Waals surface area contributed by atoms with Crippen molar-refractivity contribution in [3.63, 3.8) is 0 Å². The van der Waals surface area contributed by atoms with E-state index in [1.807, 2.05) is 50.2 Å². The van der Waals surface area contributed by atoms with Crippen LogP contribution >= 0.6 is 0 Å². The molecule has 6 rings (SSSR count). The van der Waals surface area contributed by atoms with Crippen LogP contribution in [0.5, 0.6) is 0 Å². The van der Waals surface area contributed by atoms with E-state index in [4.69, 9.17) is 14.7 Å². The molecule has 2 aromatic heterocycles. The monoisotopic (exact) mass is 548 g/mol. The summed E-state index contributed by atoms with van der Waals surface area (Å²) >= 11 is 0. The van der Waals surface area contributed by atoms with Gasteiger partial charge in [-0.2, -0.15) is 0 Å². The van der Waals surface area contributed by atoms with Crippen LogP contribution in [0.2, 0.25) is 0 Å². The van der Waals surface area contributed by atoms with E-state index in [1.165, 1.54) is 5.56 Å². The van der Waals surface area contributed by atoms with E-state index < -0.39 is 0 Å². The number of aryl methyl sites for hydroxylation is 4. The minimum absolute atomic E-state index is 0.0370. The highest BCUT2D eigenvalue weighted by Gasteiger charge is 2.37. The molecule has 41 heavy (non-hydrogen) atoms. The Hall–Kier alpha value is -4.20. The van der Waals surface area contributed by atoms with Crippen LogP contribution in [0, 0.1) is 27.7 Å². The molecule has 1 aliphatic rings. The Morgan fingerprint density at radius 1 is 1.02 bits per heavy atom. The van der Waals surface area contributed by atoms with Crippen molar-refractivity contribution in [2.75, 3.05) is 13.1 Å². The molecule has 7 heteroatoms. The molecule has 7 nitrogen and oxygen atoms in total. The molecule has 3 heterocycles. The van der Waals surface area contributed by atoms with Gasteiger partial charge in [0.1, 0.15) is 17.1 Å². The Labute approximate surface area is 240 Å². The maximum atomic E-state index is 13.4. The molecule has 0 saturated carbocycles. The number of furan rings is 1. The number of rotatable bonds is 8. The zero-order valence-corrected chi connectivity index (χ0v) is 24.0. The Morgan fingerprint density at radius 3 is 2.49 bits per heavy atom. The number of aromatic nitrogens is 1. The highest BCUT2D eigenvalue weighted by atomic mass is 16.5. The average Bonchev–Trinajstić information content (AvgIpc) is 3.50. The van der Waals surface area contributed by atoms with E-state index in [2.05, 4.69) is 65.6 Å². The predicted molar refractivity (Wildman–Crippen MR) is 160 cm³/mol. The topological polar surface area (TPSA) is 97.5 Å². The van der Waals surface area contributed by atoms with Crippen molar-refractivity contribution in [2.45, 2.75) is 52.2 Å². The Kier molecular flexibility index (Phi) is 7.24. The number of benzene rings is 3. The van der Waals surface area contributed by atoms with Gasteiger partial charge in [0.15, 0.2) is 0 Å². The molecule has 1 fully saturated rings. The second kappa shape index (κ2) is 11.0. The summed E-state index contributed by atoms with van der Waals surface area (Å²) in [7, 11) is 0. The lowest BCUT2D eigenvalue weighted by molar-refractivity contribution is -0.120. The number of nitrogens with zero attached hydrogens (tertiary/aromatic N) is 2. The van der Waals surface area contributed by atoms with Gasteiger partial charge in [-0.15, -0.1) is 0 Å². The molecule has 2 atom stereocenters. The van der Waals surface area contributed by atoms with Crippen molar-refractivity contribution < 1.29 is 13.7 Å². The van der Waals surface area contributed by atoms with Crippen molar-refractivity contribution in [2.24, 2.45) is 5.73 Å². The first-order chi connectivity index (χ1) is 19.8. The van der Waals surface area contributed by atoms with Crippen LogP contribution in [-0.4, -0.2) is 35.1 Å². The van der Waals surface area contributed by atoms with Crippen LogP contribution in [-0.2, 0) is 11.2 Å². The molecule has 1 saturated heterocycles. The lowest BCUT2D eigenvalue weighted by Crippen LogP contribution is -2.56. The standard InChI is InChI=1S/C34H36N4O3/c1-20-10-12-28(21(2)14-20)33(25-8-6-5-7-9-25)36-31(39)16-24-11-13-29-26(15-24)17-30(40-29)34(38-18-27(35)19-38)32-22(3)37-41-23(32)4/h5-15,17,27,33-34H,16,18-19,35H2,1-4H3,(H,36,39)/t33-,34?/m0/s1. The first-order valence-electron chi connectivity index (χ1n) is 14.1. The van der Waals surface area contributed by atoms with Crippen LogP contribution in [0.3, 0.4) is 0 Å². The fourth-order valence-electron chi connectivity index (χ4n) is 6.04. The summed E-state index contributed by atoms with van der Waals surface area (Å²) in [5.41, 5.74) is 14.2. The summed E-state index contributed by atoms with van der Waals surface area (Å²) in [5.74, 6) is 1.56. The van der Waals surface area contributed by atoms with Crippen molar-refractivity contribution in [1.82, 2.24) is 15.4 Å². The van der Waals surface area contributed by atoms with Gasteiger partial charge in [0.25, 0.3) is 0 Å². The van der Waals surface area contributed by atoms with Crippen LogP contribution in [0.25, 0.3) is 11.0 Å². The summed E-state index contributed by atoms with van der Waals surface area (Å²) in [4.78, 5) is 15.7. The largest absolute Gasteiger partial charge is 0.459 e. The van der Waals surface area contributed by atoms with Gasteiger partial charge in [0.05, 0.1) is 24.2 Å². The first kappa shape index (κ1) is 27.0. The average molecular weight is 549 g/mol. The molecule has 0 radical (unpaired) electrons. The summed E-state index contributed by atoms with van der Waals surface area (Å²) in [6.07, 6.45) is 0.263. The summed E-state index contributed by atoms with van der Waals surface area (Å²) in [6, 6.07) is 24.3. The molecule has 3 aromatic carbocycles. The number of fused-ring (bicyclic) bond motifs is 1. The third-order valence-electron chi connectivity index (χ3n) is 8.07. The third-order valence-corrected chi connectivity index (χ3v) is 8.07. The molecular weight excluding hydrogens is 512 g/mol. The number of amides is 1. The van der Waals surface area contributed by atoms with E-state index in [0.717, 1.165) is 69.1 Å². The number of hydrogen-bond donors (Lipinski definition) is 2. The van der Waals surface area contributed by atoms with Gasteiger partial charge < -0.3 is 20.0 Å². The van der Waals surface area contributed by atoms with E-state index in [1.54, 1.807) is 0 Å². The second-order valence-electron chi connectivity index (χ2n) is 11.3. The Balaban J connectivity index is 1.26. The minimum Gasteiger partial charge on any atom is -0.459 e. The fraction of sp³-hybridized carbons (Fsp3) is 0.294. The van der Waals surface area contributed by atoms with Crippen molar-refractivity contribution in [3.05, 3.63) is 123 Å². The minimum atomic E-state index is -0.229. The zero-order chi connectivity index (χ0) is 28.7. The van der Waals surface area contributed by atoms with Crippen molar-refractivity contribution in [1.29, 1.82) is 0 Å². The fourth-order valence-corrected chi connectivity index (χ4v) is 6.04. The maximum Gasteiger partial charge on any atom is 0.225 e. The SMILES string of the molecule is Cc1ccc([C@@H](NC(=O)Cc2ccc3oc(C(c4c(C)noc4C)N4CC(N)C4)cc3c2)c2ccccc2)c(C)c1. The number of carbonyl (C=O) groups is 1. The Bertz CT molecular complexity index is 1680. The molecule has 1 aliphatic heterocycles. The summed E-state index contributed by atoms with van der Waals surface area (Å²) < 4.78 is 11.9. The van der Waals surface area contributed by atoms with Gasteiger partial charge in [-0.1, -0.05) is 65.3 Å².